The molecule has 2 rings (SSSR count). The minimum Gasteiger partial charge on any atom is -0.302 e. The zero-order valence-electron chi connectivity index (χ0n) is 10.8. The molecule has 2 saturated heterocycles. The van der Waals surface area contributed by atoms with Crippen molar-refractivity contribution >= 4 is 16.5 Å². The summed E-state index contributed by atoms with van der Waals surface area (Å²) in [6, 6.07) is -0.452. The second-order valence-electron chi connectivity index (χ2n) is 5.13. The van der Waals surface area contributed by atoms with Gasteiger partial charge in [0.1, 0.15) is 6.29 Å². The van der Waals surface area contributed by atoms with E-state index in [9.17, 15) is 13.2 Å². The van der Waals surface area contributed by atoms with Crippen molar-refractivity contribution in [3.63, 3.8) is 0 Å². The number of nitrogens with zero attached hydrogens (tertiary/aromatic N) is 2. The zero-order valence-corrected chi connectivity index (χ0v) is 11.6. The molecule has 0 amide bonds. The third-order valence-electron chi connectivity index (χ3n) is 3.84. The van der Waals surface area contributed by atoms with Gasteiger partial charge in [0.05, 0.1) is 6.04 Å². The van der Waals surface area contributed by atoms with Crippen molar-refractivity contribution in [3.8, 4) is 0 Å². The first-order valence-corrected chi connectivity index (χ1v) is 8.28. The monoisotopic (exact) mass is 274 g/mol. The first kappa shape index (κ1) is 14.0. The topological polar surface area (TPSA) is 57.7 Å². The number of aldehydes is 1. The first-order chi connectivity index (χ1) is 8.66. The summed E-state index contributed by atoms with van der Waals surface area (Å²) in [5, 5.41) is 0. The molecule has 0 aromatic heterocycles. The molecule has 0 aromatic rings. The molecule has 0 spiro atoms. The molecule has 104 valence electrons. The Morgan fingerprint density at radius 1 is 0.889 bits per heavy atom. The summed E-state index contributed by atoms with van der Waals surface area (Å²) in [6.07, 6.45) is 7.31. The molecule has 0 saturated carbocycles. The molecule has 0 radical (unpaired) electrons. The standard InChI is InChI=1S/C12H22N2O3S/c15-11-12-7-3-6-10-14(12)18(16,17)13-8-4-1-2-5-9-13/h11-12H,1-10H2. The Morgan fingerprint density at radius 3 is 2.11 bits per heavy atom. The van der Waals surface area contributed by atoms with Crippen molar-refractivity contribution in [2.24, 2.45) is 0 Å². The van der Waals surface area contributed by atoms with Gasteiger partial charge in [-0.2, -0.15) is 17.0 Å². The number of carbonyl (C=O) groups excluding carboxylic acids is 1. The Morgan fingerprint density at radius 2 is 1.50 bits per heavy atom. The molecule has 2 aliphatic rings. The van der Waals surface area contributed by atoms with E-state index in [0.29, 0.717) is 26.1 Å². The highest BCUT2D eigenvalue weighted by Crippen LogP contribution is 2.23. The Kier molecular flexibility index (Phi) is 4.75. The Hall–Kier alpha value is -0.460. The van der Waals surface area contributed by atoms with Crippen LogP contribution in [0.2, 0.25) is 0 Å². The molecule has 0 bridgehead atoms. The lowest BCUT2D eigenvalue weighted by atomic mass is 10.1. The van der Waals surface area contributed by atoms with Crippen LogP contribution < -0.4 is 0 Å². The maximum Gasteiger partial charge on any atom is 0.282 e. The highest BCUT2D eigenvalue weighted by atomic mass is 32.2. The normalized spacial score (nSPS) is 28.8. The summed E-state index contributed by atoms with van der Waals surface area (Å²) in [4.78, 5) is 11.0. The number of rotatable bonds is 3. The van der Waals surface area contributed by atoms with Crippen LogP contribution in [0.5, 0.6) is 0 Å². The first-order valence-electron chi connectivity index (χ1n) is 6.88. The minimum atomic E-state index is -3.43. The molecule has 0 aromatic carbocycles. The predicted molar refractivity (Wildman–Crippen MR) is 69.4 cm³/mol. The fourth-order valence-electron chi connectivity index (χ4n) is 2.77. The quantitative estimate of drug-likeness (QED) is 0.726. The summed E-state index contributed by atoms with van der Waals surface area (Å²) in [6.45, 7) is 1.69. The van der Waals surface area contributed by atoms with E-state index >= 15 is 0 Å². The Balaban J connectivity index is 2.14. The van der Waals surface area contributed by atoms with Gasteiger partial charge in [-0.3, -0.25) is 0 Å². The van der Waals surface area contributed by atoms with Crippen molar-refractivity contribution in [1.29, 1.82) is 0 Å². The van der Waals surface area contributed by atoms with Gasteiger partial charge in [-0.1, -0.05) is 19.3 Å². The van der Waals surface area contributed by atoms with E-state index in [-0.39, 0.29) is 0 Å². The van der Waals surface area contributed by atoms with Crippen molar-refractivity contribution < 1.29 is 13.2 Å². The molecule has 5 nitrogen and oxygen atoms in total. The van der Waals surface area contributed by atoms with Crippen LogP contribution in [0.25, 0.3) is 0 Å². The maximum absolute atomic E-state index is 12.6. The number of piperidine rings is 1. The maximum atomic E-state index is 12.6. The van der Waals surface area contributed by atoms with Gasteiger partial charge in [0.2, 0.25) is 0 Å². The number of hydrogen-bond donors (Lipinski definition) is 0. The molecular formula is C12H22N2O3S. The van der Waals surface area contributed by atoms with E-state index in [1.807, 2.05) is 0 Å². The number of carbonyl (C=O) groups is 1. The van der Waals surface area contributed by atoms with Gasteiger partial charge in [0.15, 0.2) is 0 Å². The summed E-state index contributed by atoms with van der Waals surface area (Å²) >= 11 is 0. The predicted octanol–water partition coefficient (Wildman–Crippen LogP) is 1.16. The van der Waals surface area contributed by atoms with E-state index in [1.54, 1.807) is 4.31 Å². The van der Waals surface area contributed by atoms with Gasteiger partial charge in [-0.25, -0.2) is 0 Å². The van der Waals surface area contributed by atoms with Gasteiger partial charge in [0.25, 0.3) is 10.2 Å². The van der Waals surface area contributed by atoms with Crippen LogP contribution >= 0.6 is 0 Å². The van der Waals surface area contributed by atoms with E-state index in [1.165, 1.54) is 4.31 Å². The lowest BCUT2D eigenvalue weighted by Gasteiger charge is -2.35. The van der Waals surface area contributed by atoms with Crippen LogP contribution in [0.4, 0.5) is 0 Å². The van der Waals surface area contributed by atoms with Gasteiger partial charge in [-0.15, -0.1) is 0 Å². The lowest BCUT2D eigenvalue weighted by molar-refractivity contribution is -0.111. The van der Waals surface area contributed by atoms with Crippen LogP contribution in [0.1, 0.15) is 44.9 Å². The van der Waals surface area contributed by atoms with Crippen molar-refractivity contribution in [3.05, 3.63) is 0 Å². The SMILES string of the molecule is O=CC1CCCCN1S(=O)(=O)N1CCCCCC1. The average molecular weight is 274 g/mol. The summed E-state index contributed by atoms with van der Waals surface area (Å²) in [7, 11) is -3.43. The van der Waals surface area contributed by atoms with E-state index in [0.717, 1.165) is 44.8 Å². The molecule has 2 aliphatic heterocycles. The molecule has 18 heavy (non-hydrogen) atoms. The second-order valence-corrected chi connectivity index (χ2v) is 7.01. The average Bonchev–Trinajstić information content (AvgIpc) is 2.68. The smallest absolute Gasteiger partial charge is 0.282 e. The van der Waals surface area contributed by atoms with Crippen molar-refractivity contribution in [2.45, 2.75) is 51.0 Å². The third kappa shape index (κ3) is 2.92. The molecule has 1 unspecified atom stereocenters. The molecule has 0 aliphatic carbocycles. The largest absolute Gasteiger partial charge is 0.302 e. The van der Waals surface area contributed by atoms with Crippen LogP contribution in [0.3, 0.4) is 0 Å². The molecule has 2 fully saturated rings. The highest BCUT2D eigenvalue weighted by molar-refractivity contribution is 7.86. The van der Waals surface area contributed by atoms with E-state index in [4.69, 9.17) is 0 Å². The fourth-order valence-corrected chi connectivity index (χ4v) is 4.65. The van der Waals surface area contributed by atoms with Gasteiger partial charge < -0.3 is 4.79 Å². The van der Waals surface area contributed by atoms with Crippen LogP contribution in [0.15, 0.2) is 0 Å². The second kappa shape index (κ2) is 6.12. The van der Waals surface area contributed by atoms with Crippen LogP contribution in [-0.4, -0.2) is 49.0 Å². The number of hydrogen-bond acceptors (Lipinski definition) is 3. The van der Waals surface area contributed by atoms with E-state index < -0.39 is 16.3 Å². The van der Waals surface area contributed by atoms with Gasteiger partial charge >= 0.3 is 0 Å². The zero-order chi connectivity index (χ0) is 13.0. The van der Waals surface area contributed by atoms with Gasteiger partial charge in [-0.05, 0) is 25.7 Å². The summed E-state index contributed by atoms with van der Waals surface area (Å²) in [5.74, 6) is 0. The van der Waals surface area contributed by atoms with Crippen molar-refractivity contribution in [2.75, 3.05) is 19.6 Å². The molecule has 1 atom stereocenters. The summed E-state index contributed by atoms with van der Waals surface area (Å²) < 4.78 is 28.1. The lowest BCUT2D eigenvalue weighted by Crippen LogP contribution is -2.51. The minimum absolute atomic E-state index is 0.452. The van der Waals surface area contributed by atoms with Crippen molar-refractivity contribution in [1.82, 2.24) is 8.61 Å². The molecule has 6 heteroatoms. The summed E-state index contributed by atoms with van der Waals surface area (Å²) in [5.41, 5.74) is 0. The fraction of sp³-hybridized carbons (Fsp3) is 0.917. The molecule has 0 N–H and O–H groups in total. The highest BCUT2D eigenvalue weighted by Gasteiger charge is 2.36. The third-order valence-corrected chi connectivity index (χ3v) is 5.91. The molecular weight excluding hydrogens is 252 g/mol. The van der Waals surface area contributed by atoms with Crippen LogP contribution in [0, 0.1) is 0 Å². The Labute approximate surface area is 109 Å². The van der Waals surface area contributed by atoms with Crippen LogP contribution in [-0.2, 0) is 15.0 Å². The Bertz CT molecular complexity index is 375. The van der Waals surface area contributed by atoms with Gasteiger partial charge in [0, 0.05) is 19.6 Å². The molecule has 2 heterocycles. The van der Waals surface area contributed by atoms with E-state index in [2.05, 4.69) is 0 Å².